The van der Waals surface area contributed by atoms with Crippen molar-refractivity contribution in [1.82, 2.24) is 4.72 Å². The minimum Gasteiger partial charge on any atom is -0.490 e. The third kappa shape index (κ3) is 5.92. The summed E-state index contributed by atoms with van der Waals surface area (Å²) in [5.41, 5.74) is 3.73. The number of aryl methyl sites for hydroxylation is 1. The van der Waals surface area contributed by atoms with Crippen LogP contribution < -0.4 is 14.4 Å². The largest absolute Gasteiger partial charge is 0.490 e. The first-order valence-corrected chi connectivity index (χ1v) is 18.5. The average Bonchev–Trinajstić information content (AvgIpc) is 3.13. The Bertz CT molecular complexity index is 1540. The van der Waals surface area contributed by atoms with Crippen molar-refractivity contribution in [3.8, 4) is 5.75 Å². The highest BCUT2D eigenvalue weighted by Gasteiger charge is 2.45. The monoisotopic (exact) mass is 638 g/mol. The molecular weight excluding hydrogens is 592 g/mol. The molecule has 2 aliphatic heterocycles. The molecule has 2 N–H and O–H groups in total. The number of aliphatic hydroxyl groups is 1. The standard InChI is InChI=1S/C36H47ClN2O4S/c1-5-33(40)30-10-6-8-23(2)24(3)44(4,42)38-35(41)26-12-16-34-32(19-26)39(20-27-11-14-29(27)30)21-36(22-43-34)17-7-9-25-18-28(37)13-15-31(25)36/h6,10,12-13,15-16,18-19,23-24,27,29-30,33,40H,4-5,7-9,11,14,17,20-22H2,1-3H3,(H,38,41,42)/b10-6+/t23-,24+,27-,29+,30+,33+,36-,44?/m0/s1. The van der Waals surface area contributed by atoms with Crippen molar-refractivity contribution in [2.45, 2.75) is 82.5 Å². The molecule has 0 radical (unpaired) electrons. The van der Waals surface area contributed by atoms with E-state index in [2.05, 4.69) is 53.6 Å². The second-order valence-electron chi connectivity index (χ2n) is 13.8. The number of halogens is 1. The van der Waals surface area contributed by atoms with Crippen LogP contribution in [0.5, 0.6) is 5.75 Å². The van der Waals surface area contributed by atoms with Gasteiger partial charge in [0.15, 0.2) is 0 Å². The van der Waals surface area contributed by atoms with Crippen LogP contribution in [-0.2, 0) is 21.5 Å². The molecule has 44 heavy (non-hydrogen) atoms. The molecule has 2 aliphatic carbocycles. The van der Waals surface area contributed by atoms with Gasteiger partial charge in [0.25, 0.3) is 5.91 Å². The van der Waals surface area contributed by atoms with Gasteiger partial charge in [-0.15, -0.1) is 0 Å². The number of carbonyl (C=O) groups is 1. The summed E-state index contributed by atoms with van der Waals surface area (Å²) >= 11 is 6.44. The quantitative estimate of drug-likeness (QED) is 0.287. The normalized spacial score (nSPS) is 35.2. The summed E-state index contributed by atoms with van der Waals surface area (Å²) in [6.45, 7) is 8.14. The maximum Gasteiger partial charge on any atom is 0.262 e. The lowest BCUT2D eigenvalue weighted by molar-refractivity contribution is 0.0313. The Hall–Kier alpha value is -2.48. The highest BCUT2D eigenvalue weighted by molar-refractivity contribution is 7.99. The van der Waals surface area contributed by atoms with Crippen LogP contribution in [-0.4, -0.2) is 52.1 Å². The Labute approximate surface area is 268 Å². The zero-order chi connectivity index (χ0) is 31.2. The van der Waals surface area contributed by atoms with Gasteiger partial charge in [-0.3, -0.25) is 9.52 Å². The van der Waals surface area contributed by atoms with E-state index in [1.807, 2.05) is 25.1 Å². The summed E-state index contributed by atoms with van der Waals surface area (Å²) < 4.78 is 23.2. The summed E-state index contributed by atoms with van der Waals surface area (Å²) in [5, 5.41) is 11.6. The second-order valence-corrected chi connectivity index (χ2v) is 16.7. The van der Waals surface area contributed by atoms with Gasteiger partial charge < -0.3 is 14.7 Å². The number of nitrogens with one attached hydrogen (secondary N) is 1. The van der Waals surface area contributed by atoms with E-state index >= 15 is 0 Å². The van der Waals surface area contributed by atoms with Crippen molar-refractivity contribution in [2.75, 3.05) is 24.6 Å². The number of fused-ring (bicyclic) bond motifs is 4. The Morgan fingerprint density at radius 2 is 2.05 bits per heavy atom. The van der Waals surface area contributed by atoms with Gasteiger partial charge >= 0.3 is 0 Å². The summed E-state index contributed by atoms with van der Waals surface area (Å²) in [6, 6.07) is 11.9. The van der Waals surface area contributed by atoms with Crippen molar-refractivity contribution in [3.63, 3.8) is 0 Å². The van der Waals surface area contributed by atoms with Gasteiger partial charge in [0.1, 0.15) is 5.75 Å². The van der Waals surface area contributed by atoms with E-state index in [9.17, 15) is 14.1 Å². The maximum absolute atomic E-state index is 13.7. The minimum absolute atomic E-state index is 0.0430. The second kappa shape index (κ2) is 12.4. The highest BCUT2D eigenvalue weighted by atomic mass is 35.5. The maximum atomic E-state index is 13.7. The summed E-state index contributed by atoms with van der Waals surface area (Å²) in [7, 11) is -2.92. The molecule has 8 atom stereocenters. The van der Waals surface area contributed by atoms with Crippen LogP contribution in [0.2, 0.25) is 5.02 Å². The molecule has 1 unspecified atom stereocenters. The first kappa shape index (κ1) is 31.5. The highest BCUT2D eigenvalue weighted by Crippen LogP contribution is 2.48. The van der Waals surface area contributed by atoms with Crippen molar-refractivity contribution in [1.29, 1.82) is 0 Å². The molecule has 2 aromatic carbocycles. The summed E-state index contributed by atoms with van der Waals surface area (Å²) in [4.78, 5) is 16.0. The number of rotatable bonds is 2. The van der Waals surface area contributed by atoms with Gasteiger partial charge in [-0.25, -0.2) is 4.21 Å². The van der Waals surface area contributed by atoms with Gasteiger partial charge in [-0.1, -0.05) is 43.7 Å². The van der Waals surface area contributed by atoms with E-state index in [0.717, 1.165) is 61.7 Å². The van der Waals surface area contributed by atoms with Crippen molar-refractivity contribution in [2.24, 2.45) is 23.7 Å². The van der Waals surface area contributed by atoms with Crippen LogP contribution in [0.4, 0.5) is 5.69 Å². The molecule has 238 valence electrons. The SMILES string of the molecule is C=S1(=O)NC(=O)c2ccc3c(c2)N(C[C@@H]2CC[C@H]2[C@H]([C@H](O)CC)/C=C/C[C@H](C)[C@H]1C)C[C@@]1(CCCc2cc(Cl)ccc21)CO3. The fraction of sp³-hybridized carbons (Fsp3) is 0.556. The van der Waals surface area contributed by atoms with Crippen LogP contribution in [0.15, 0.2) is 48.6 Å². The molecule has 0 saturated heterocycles. The Morgan fingerprint density at radius 1 is 1.23 bits per heavy atom. The molecule has 0 aromatic heterocycles. The molecule has 2 heterocycles. The summed E-state index contributed by atoms with van der Waals surface area (Å²) in [5.74, 6) is 5.26. The van der Waals surface area contributed by atoms with Crippen molar-refractivity contribution < 1.29 is 18.8 Å². The number of ether oxygens (including phenoxy) is 1. The molecule has 4 aliphatic rings. The van der Waals surface area contributed by atoms with Gasteiger partial charge in [0, 0.05) is 40.3 Å². The van der Waals surface area contributed by atoms with Gasteiger partial charge in [0.2, 0.25) is 0 Å². The molecule has 8 heteroatoms. The third-order valence-corrected chi connectivity index (χ3v) is 13.6. The first-order chi connectivity index (χ1) is 21.0. The molecule has 1 amide bonds. The Kier molecular flexibility index (Phi) is 8.86. The molecule has 2 bridgehead atoms. The molecular formula is C36H47ClN2O4S. The number of aliphatic hydroxyl groups excluding tert-OH is 1. The van der Waals surface area contributed by atoms with Crippen LogP contribution in [0.1, 0.15) is 80.8 Å². The van der Waals surface area contributed by atoms with Gasteiger partial charge in [0.05, 0.1) is 28.1 Å². The van der Waals surface area contributed by atoms with E-state index in [1.54, 1.807) is 6.07 Å². The first-order valence-electron chi connectivity index (χ1n) is 16.3. The van der Waals surface area contributed by atoms with E-state index in [0.29, 0.717) is 36.8 Å². The smallest absolute Gasteiger partial charge is 0.262 e. The lowest BCUT2D eigenvalue weighted by Gasteiger charge is -2.47. The molecule has 1 spiro atoms. The van der Waals surface area contributed by atoms with E-state index < -0.39 is 15.8 Å². The lowest BCUT2D eigenvalue weighted by Crippen LogP contribution is -2.49. The van der Waals surface area contributed by atoms with Crippen molar-refractivity contribution in [3.05, 3.63) is 70.3 Å². The van der Waals surface area contributed by atoms with Gasteiger partial charge in [-0.05, 0) is 117 Å². The number of carbonyl (C=O) groups excluding carboxylic acids is 1. The number of amides is 1. The zero-order valence-electron chi connectivity index (χ0n) is 26.3. The summed E-state index contributed by atoms with van der Waals surface area (Å²) in [6.07, 6.45) is 10.6. The topological polar surface area (TPSA) is 78.9 Å². The molecule has 2 aromatic rings. The number of anilines is 1. The number of benzene rings is 2. The lowest BCUT2D eigenvalue weighted by atomic mass is 9.64. The molecule has 1 fully saturated rings. The predicted molar refractivity (Wildman–Crippen MR) is 181 cm³/mol. The Balaban J connectivity index is 1.44. The van der Waals surface area contributed by atoms with Crippen LogP contribution >= 0.6 is 11.6 Å². The third-order valence-electron chi connectivity index (χ3n) is 11.1. The predicted octanol–water partition coefficient (Wildman–Crippen LogP) is 6.57. The van der Waals surface area contributed by atoms with E-state index in [-0.39, 0.29) is 28.4 Å². The van der Waals surface area contributed by atoms with Crippen LogP contribution in [0, 0.1) is 23.7 Å². The number of hydrogen-bond donors (Lipinski definition) is 2. The average molecular weight is 639 g/mol. The van der Waals surface area contributed by atoms with Gasteiger partial charge in [-0.2, -0.15) is 0 Å². The van der Waals surface area contributed by atoms with Crippen molar-refractivity contribution >= 4 is 38.8 Å². The molecule has 1 saturated carbocycles. The molecule has 6 rings (SSSR count). The molecule has 6 nitrogen and oxygen atoms in total. The minimum atomic E-state index is -2.92. The fourth-order valence-corrected chi connectivity index (χ4v) is 9.69. The Morgan fingerprint density at radius 3 is 2.80 bits per heavy atom. The van der Waals surface area contributed by atoms with E-state index in [1.165, 1.54) is 11.1 Å². The van der Waals surface area contributed by atoms with E-state index in [4.69, 9.17) is 16.3 Å². The van der Waals surface area contributed by atoms with Crippen LogP contribution in [0.3, 0.4) is 0 Å². The van der Waals surface area contributed by atoms with Crippen LogP contribution in [0.25, 0.3) is 0 Å². The number of nitrogens with zero attached hydrogens (tertiary/aromatic N) is 1. The fourth-order valence-electron chi connectivity index (χ4n) is 8.02. The number of allylic oxidation sites excluding steroid dienone is 1. The number of hydrogen-bond acceptors (Lipinski definition) is 5. The zero-order valence-corrected chi connectivity index (χ0v) is 27.8.